The molecule has 6 heteroatoms. The lowest BCUT2D eigenvalue weighted by Gasteiger charge is -2.26. The van der Waals surface area contributed by atoms with Crippen LogP contribution >= 0.6 is 0 Å². The third-order valence-corrected chi connectivity index (χ3v) is 6.92. The molecule has 1 fully saturated rings. The summed E-state index contributed by atoms with van der Waals surface area (Å²) in [6.45, 7) is 2.36. The first-order valence-electron chi connectivity index (χ1n) is 12.2. The van der Waals surface area contributed by atoms with Crippen LogP contribution in [-0.4, -0.2) is 48.4 Å². The van der Waals surface area contributed by atoms with E-state index in [1.54, 1.807) is 11.0 Å². The molecule has 2 aliphatic heterocycles. The highest BCUT2D eigenvalue weighted by molar-refractivity contribution is 6.46. The summed E-state index contributed by atoms with van der Waals surface area (Å²) in [5.74, 6) is -0.613. The Morgan fingerprint density at radius 1 is 1.03 bits per heavy atom. The number of hydrogen-bond donors (Lipinski definition) is 1. The van der Waals surface area contributed by atoms with E-state index in [9.17, 15) is 14.7 Å². The molecule has 0 saturated carbocycles. The van der Waals surface area contributed by atoms with Gasteiger partial charge >= 0.3 is 0 Å². The number of aliphatic hydroxyl groups is 1. The summed E-state index contributed by atoms with van der Waals surface area (Å²) in [5, 5.41) is 11.4. The van der Waals surface area contributed by atoms with Gasteiger partial charge in [-0.05, 0) is 60.4 Å². The van der Waals surface area contributed by atoms with Crippen LogP contribution in [0.5, 0.6) is 5.75 Å². The van der Waals surface area contributed by atoms with Crippen molar-refractivity contribution in [3.05, 3.63) is 101 Å². The number of anilines is 1. The molecule has 0 bridgehead atoms. The largest absolute Gasteiger partial charge is 0.507 e. The number of carbonyl (C=O) groups excluding carboxylic acids is 2. The molecule has 5 rings (SSSR count). The van der Waals surface area contributed by atoms with Crippen LogP contribution in [0.15, 0.2) is 78.4 Å². The van der Waals surface area contributed by atoms with Crippen molar-refractivity contribution < 1.29 is 19.4 Å². The van der Waals surface area contributed by atoms with E-state index in [2.05, 4.69) is 0 Å². The van der Waals surface area contributed by atoms with Crippen LogP contribution in [0.25, 0.3) is 5.76 Å². The monoisotopic (exact) mass is 482 g/mol. The van der Waals surface area contributed by atoms with Gasteiger partial charge in [0.05, 0.1) is 11.6 Å². The summed E-state index contributed by atoms with van der Waals surface area (Å²) in [4.78, 5) is 30.2. The van der Waals surface area contributed by atoms with Crippen LogP contribution in [0.1, 0.15) is 35.2 Å². The number of nitrogens with zero attached hydrogens (tertiary/aromatic N) is 2. The summed E-state index contributed by atoms with van der Waals surface area (Å²) in [6, 6.07) is 22.4. The van der Waals surface area contributed by atoms with Crippen LogP contribution in [0.4, 0.5) is 5.69 Å². The Labute approximate surface area is 211 Å². The fourth-order valence-electron chi connectivity index (χ4n) is 5.03. The molecule has 1 amide bonds. The van der Waals surface area contributed by atoms with E-state index >= 15 is 0 Å². The van der Waals surface area contributed by atoms with Crippen LogP contribution in [-0.2, 0) is 22.4 Å². The lowest BCUT2D eigenvalue weighted by molar-refractivity contribution is -0.139. The Bertz CT molecular complexity index is 1330. The molecule has 2 atom stereocenters. The van der Waals surface area contributed by atoms with E-state index in [1.807, 2.05) is 92.6 Å². The van der Waals surface area contributed by atoms with E-state index in [0.29, 0.717) is 18.5 Å². The fraction of sp³-hybridized carbons (Fsp3) is 0.267. The first-order valence-corrected chi connectivity index (χ1v) is 12.2. The Balaban J connectivity index is 1.57. The maximum atomic E-state index is 13.3. The summed E-state index contributed by atoms with van der Waals surface area (Å²) < 4.78 is 5.79. The summed E-state index contributed by atoms with van der Waals surface area (Å²) in [5.41, 5.74) is 4.49. The van der Waals surface area contributed by atoms with Crippen LogP contribution < -0.4 is 9.64 Å². The van der Waals surface area contributed by atoms with Crippen molar-refractivity contribution in [2.24, 2.45) is 0 Å². The molecule has 6 nitrogen and oxygen atoms in total. The van der Waals surface area contributed by atoms with Crippen LogP contribution in [0.3, 0.4) is 0 Å². The highest BCUT2D eigenvalue weighted by Gasteiger charge is 2.46. The number of ketones is 1. The normalized spacial score (nSPS) is 20.4. The first-order chi connectivity index (χ1) is 17.3. The number of fused-ring (bicyclic) bond motifs is 1. The summed E-state index contributed by atoms with van der Waals surface area (Å²) >= 11 is 0. The second-order valence-electron chi connectivity index (χ2n) is 9.67. The Kier molecular flexibility index (Phi) is 6.27. The average Bonchev–Trinajstić information content (AvgIpc) is 3.38. The minimum absolute atomic E-state index is 0.0659. The number of Topliss-reactive ketones (excluding diaryl/α,β-unsaturated/α-hetero) is 1. The fourth-order valence-corrected chi connectivity index (χ4v) is 5.03. The van der Waals surface area contributed by atoms with Crippen LogP contribution in [0.2, 0.25) is 0 Å². The number of benzene rings is 3. The van der Waals surface area contributed by atoms with Crippen LogP contribution in [0, 0.1) is 0 Å². The van der Waals surface area contributed by atoms with E-state index in [-0.39, 0.29) is 17.4 Å². The molecule has 0 aromatic heterocycles. The van der Waals surface area contributed by atoms with Gasteiger partial charge < -0.3 is 19.6 Å². The number of carbonyl (C=O) groups is 2. The summed E-state index contributed by atoms with van der Waals surface area (Å²) in [7, 11) is 3.92. The van der Waals surface area contributed by atoms with E-state index in [1.165, 1.54) is 0 Å². The molecule has 1 saturated heterocycles. The standard InChI is InChI=1S/C30H30N2O4/c1-19-17-23-18-22(11-14-25(23)36-19)28(33)26-27(21-9-12-24(13-10-21)31(2)3)32(30(35)29(26)34)16-15-20-7-5-4-6-8-20/h4-14,18-19,27,33H,15-17H2,1-3H3/b28-26+/t19-,27-/m0/s1. The van der Waals surface area contributed by atoms with Gasteiger partial charge in [-0.3, -0.25) is 9.59 Å². The number of likely N-dealkylation sites (tertiary alicyclic amines) is 1. The number of rotatable bonds is 6. The SMILES string of the molecule is C[C@H]1Cc2cc(/C(O)=C3\C(=O)C(=O)N(CCc4ccccc4)[C@H]3c3ccc(N(C)C)cc3)ccc2O1. The molecule has 2 aliphatic rings. The topological polar surface area (TPSA) is 70.1 Å². The van der Waals surface area contributed by atoms with Gasteiger partial charge in [-0.2, -0.15) is 0 Å². The molecule has 1 N–H and O–H groups in total. The van der Waals surface area contributed by atoms with Crippen molar-refractivity contribution >= 4 is 23.1 Å². The van der Waals surface area contributed by atoms with Gasteiger partial charge in [0, 0.05) is 38.3 Å². The van der Waals surface area contributed by atoms with Gasteiger partial charge in [0.1, 0.15) is 17.6 Å². The Morgan fingerprint density at radius 2 is 1.75 bits per heavy atom. The molecule has 0 radical (unpaired) electrons. The van der Waals surface area contributed by atoms with Gasteiger partial charge in [-0.15, -0.1) is 0 Å². The molecular formula is C30H30N2O4. The molecule has 0 aliphatic carbocycles. The second kappa shape index (κ2) is 9.53. The molecule has 3 aromatic rings. The zero-order valence-corrected chi connectivity index (χ0v) is 20.8. The van der Waals surface area contributed by atoms with E-state index in [4.69, 9.17) is 4.74 Å². The Morgan fingerprint density at radius 3 is 2.44 bits per heavy atom. The van der Waals surface area contributed by atoms with Crippen molar-refractivity contribution in [3.63, 3.8) is 0 Å². The minimum atomic E-state index is -0.673. The minimum Gasteiger partial charge on any atom is -0.507 e. The van der Waals surface area contributed by atoms with E-state index in [0.717, 1.165) is 34.5 Å². The van der Waals surface area contributed by atoms with Crippen molar-refractivity contribution in [2.45, 2.75) is 31.9 Å². The van der Waals surface area contributed by atoms with Crippen molar-refractivity contribution in [1.82, 2.24) is 4.90 Å². The maximum absolute atomic E-state index is 13.3. The molecule has 0 unspecified atom stereocenters. The maximum Gasteiger partial charge on any atom is 0.295 e. The van der Waals surface area contributed by atoms with E-state index < -0.39 is 17.7 Å². The Hall–Kier alpha value is -4.06. The van der Waals surface area contributed by atoms with Gasteiger partial charge in [-0.1, -0.05) is 42.5 Å². The number of ether oxygens (including phenoxy) is 1. The van der Waals surface area contributed by atoms with Gasteiger partial charge in [-0.25, -0.2) is 0 Å². The lowest BCUT2D eigenvalue weighted by atomic mass is 9.94. The zero-order chi connectivity index (χ0) is 25.4. The zero-order valence-electron chi connectivity index (χ0n) is 20.8. The number of amides is 1. The number of hydrogen-bond acceptors (Lipinski definition) is 5. The third kappa shape index (κ3) is 4.35. The predicted octanol–water partition coefficient (Wildman–Crippen LogP) is 4.74. The van der Waals surface area contributed by atoms with Gasteiger partial charge in [0.25, 0.3) is 11.7 Å². The molecule has 0 spiro atoms. The average molecular weight is 483 g/mol. The van der Waals surface area contributed by atoms with Gasteiger partial charge in [0.2, 0.25) is 0 Å². The molecule has 2 heterocycles. The quantitative estimate of drug-likeness (QED) is 0.312. The smallest absolute Gasteiger partial charge is 0.295 e. The molecule has 3 aromatic carbocycles. The predicted molar refractivity (Wildman–Crippen MR) is 140 cm³/mol. The molecule has 36 heavy (non-hydrogen) atoms. The lowest BCUT2D eigenvalue weighted by Crippen LogP contribution is -2.31. The second-order valence-corrected chi connectivity index (χ2v) is 9.67. The van der Waals surface area contributed by atoms with Crippen molar-refractivity contribution in [3.8, 4) is 5.75 Å². The third-order valence-electron chi connectivity index (χ3n) is 6.92. The molecular weight excluding hydrogens is 452 g/mol. The van der Waals surface area contributed by atoms with Gasteiger partial charge in [0.15, 0.2) is 0 Å². The molecule has 184 valence electrons. The highest BCUT2D eigenvalue weighted by Crippen LogP contribution is 2.41. The highest BCUT2D eigenvalue weighted by atomic mass is 16.5. The first kappa shape index (κ1) is 23.7. The van der Waals surface area contributed by atoms with Crippen molar-refractivity contribution in [1.29, 1.82) is 0 Å². The number of aliphatic hydroxyl groups excluding tert-OH is 1. The summed E-state index contributed by atoms with van der Waals surface area (Å²) in [6.07, 6.45) is 1.40. The van der Waals surface area contributed by atoms with Crippen molar-refractivity contribution in [2.75, 3.05) is 25.5 Å².